The number of aryl methyl sites for hydroxylation is 1. The molecule has 0 bridgehead atoms. The van der Waals surface area contributed by atoms with Crippen LogP contribution in [0.2, 0.25) is 0 Å². The molecule has 0 aliphatic carbocycles. The van der Waals surface area contributed by atoms with Gasteiger partial charge in [-0.3, -0.25) is 9.59 Å². The number of benzene rings is 1. The molecule has 0 aliphatic heterocycles. The van der Waals surface area contributed by atoms with E-state index in [1.54, 1.807) is 0 Å². The van der Waals surface area contributed by atoms with Crippen molar-refractivity contribution in [3.8, 4) is 0 Å². The molecule has 1 aromatic carbocycles. The lowest BCUT2D eigenvalue weighted by molar-refractivity contribution is -0.184. The molecule has 0 spiro atoms. The Morgan fingerprint density at radius 1 is 1.06 bits per heavy atom. The lowest BCUT2D eigenvalue weighted by Crippen LogP contribution is -2.24. The molecule has 1 aromatic rings. The van der Waals surface area contributed by atoms with Gasteiger partial charge in [-0.15, -0.1) is 0 Å². The largest absolute Gasteiger partial charge is 0.425 e. The maximum atomic E-state index is 10.9. The molecular formula is C13H16O4. The zero-order chi connectivity index (χ0) is 12.8. The predicted octanol–water partition coefficient (Wildman–Crippen LogP) is 1.99. The number of carbonyl (C=O) groups excluding carboxylic acids is 2. The lowest BCUT2D eigenvalue weighted by atomic mass is 10.1. The van der Waals surface area contributed by atoms with Crippen LogP contribution in [0.25, 0.3) is 0 Å². The zero-order valence-corrected chi connectivity index (χ0v) is 10.2. The Bertz CT molecular complexity index is 378. The summed E-state index contributed by atoms with van der Waals surface area (Å²) in [6.45, 7) is 4.55. The molecule has 0 fully saturated rings. The van der Waals surface area contributed by atoms with E-state index in [9.17, 15) is 9.59 Å². The summed E-state index contributed by atoms with van der Waals surface area (Å²) in [6, 6.07) is 7.73. The minimum atomic E-state index is -0.854. The molecule has 0 amide bonds. The van der Waals surface area contributed by atoms with Gasteiger partial charge in [0.05, 0.1) is 0 Å². The van der Waals surface area contributed by atoms with Crippen molar-refractivity contribution in [2.24, 2.45) is 0 Å². The van der Waals surface area contributed by atoms with E-state index in [-0.39, 0.29) is 0 Å². The molecule has 0 radical (unpaired) electrons. The number of ether oxygens (including phenoxy) is 2. The monoisotopic (exact) mass is 236 g/mol. The van der Waals surface area contributed by atoms with Crippen molar-refractivity contribution < 1.29 is 19.1 Å². The third-order valence-corrected chi connectivity index (χ3v) is 2.12. The molecule has 92 valence electrons. The van der Waals surface area contributed by atoms with Gasteiger partial charge in [-0.1, -0.05) is 29.8 Å². The summed E-state index contributed by atoms with van der Waals surface area (Å²) in [5, 5.41) is 0. The minimum absolute atomic E-state index is 0.361. The van der Waals surface area contributed by atoms with E-state index in [1.165, 1.54) is 13.8 Å². The van der Waals surface area contributed by atoms with Crippen molar-refractivity contribution in [2.45, 2.75) is 33.5 Å². The SMILES string of the molecule is CC(=O)OC(Cc1ccc(C)cc1)OC(C)=O. The fourth-order valence-corrected chi connectivity index (χ4v) is 1.39. The molecule has 1 rings (SSSR count). The van der Waals surface area contributed by atoms with Gasteiger partial charge < -0.3 is 9.47 Å². The van der Waals surface area contributed by atoms with E-state index in [0.717, 1.165) is 11.1 Å². The zero-order valence-electron chi connectivity index (χ0n) is 10.2. The Morgan fingerprint density at radius 3 is 1.94 bits per heavy atom. The van der Waals surface area contributed by atoms with Crippen LogP contribution in [0.5, 0.6) is 0 Å². The Balaban J connectivity index is 2.67. The highest BCUT2D eigenvalue weighted by atomic mass is 16.7. The molecule has 0 N–H and O–H groups in total. The number of hydrogen-bond donors (Lipinski definition) is 0. The Labute approximate surface area is 101 Å². The van der Waals surface area contributed by atoms with Crippen LogP contribution in [0.3, 0.4) is 0 Å². The summed E-state index contributed by atoms with van der Waals surface area (Å²) in [5.74, 6) is -0.938. The standard InChI is InChI=1S/C13H16O4/c1-9-4-6-12(7-5-9)8-13(16-10(2)14)17-11(3)15/h4-7,13H,8H2,1-3H3. The van der Waals surface area contributed by atoms with Gasteiger partial charge in [0.25, 0.3) is 6.29 Å². The number of hydrogen-bond acceptors (Lipinski definition) is 4. The van der Waals surface area contributed by atoms with Gasteiger partial charge >= 0.3 is 11.9 Å². The summed E-state index contributed by atoms with van der Waals surface area (Å²) < 4.78 is 9.83. The Kier molecular flexibility index (Phi) is 4.69. The lowest BCUT2D eigenvalue weighted by Gasteiger charge is -2.16. The van der Waals surface area contributed by atoms with Gasteiger partial charge in [-0.25, -0.2) is 0 Å². The molecule has 4 heteroatoms. The first kappa shape index (κ1) is 13.2. The summed E-state index contributed by atoms with van der Waals surface area (Å²) in [4.78, 5) is 21.7. The Morgan fingerprint density at radius 2 is 1.53 bits per heavy atom. The normalized spacial score (nSPS) is 10.1. The quantitative estimate of drug-likeness (QED) is 0.592. The maximum Gasteiger partial charge on any atom is 0.305 e. The van der Waals surface area contributed by atoms with E-state index in [0.29, 0.717) is 6.42 Å². The van der Waals surface area contributed by atoms with E-state index in [1.807, 2.05) is 31.2 Å². The Hall–Kier alpha value is -1.84. The van der Waals surface area contributed by atoms with E-state index in [4.69, 9.17) is 9.47 Å². The fourth-order valence-electron chi connectivity index (χ4n) is 1.39. The summed E-state index contributed by atoms with van der Waals surface area (Å²) in [7, 11) is 0. The molecule has 0 aliphatic rings. The van der Waals surface area contributed by atoms with Crippen LogP contribution >= 0.6 is 0 Å². The fraction of sp³-hybridized carbons (Fsp3) is 0.385. The van der Waals surface area contributed by atoms with E-state index >= 15 is 0 Å². The van der Waals surface area contributed by atoms with Crippen LogP contribution in [0.1, 0.15) is 25.0 Å². The van der Waals surface area contributed by atoms with Gasteiger partial charge in [-0.2, -0.15) is 0 Å². The predicted molar refractivity (Wildman–Crippen MR) is 62.2 cm³/mol. The third-order valence-electron chi connectivity index (χ3n) is 2.12. The molecule has 0 unspecified atom stereocenters. The van der Waals surface area contributed by atoms with Crippen molar-refractivity contribution in [2.75, 3.05) is 0 Å². The molecule has 0 saturated heterocycles. The highest BCUT2D eigenvalue weighted by Crippen LogP contribution is 2.09. The van der Waals surface area contributed by atoms with Crippen LogP contribution in [0.4, 0.5) is 0 Å². The first-order valence-corrected chi connectivity index (χ1v) is 5.37. The topological polar surface area (TPSA) is 52.6 Å². The van der Waals surface area contributed by atoms with Gasteiger partial charge in [-0.05, 0) is 12.5 Å². The molecule has 0 aromatic heterocycles. The maximum absolute atomic E-state index is 10.9. The van der Waals surface area contributed by atoms with Crippen LogP contribution < -0.4 is 0 Å². The smallest absolute Gasteiger partial charge is 0.305 e. The van der Waals surface area contributed by atoms with Gasteiger partial charge in [0, 0.05) is 20.3 Å². The highest BCUT2D eigenvalue weighted by molar-refractivity contribution is 5.68. The molecular weight excluding hydrogens is 220 g/mol. The second kappa shape index (κ2) is 6.03. The first-order chi connectivity index (χ1) is 7.97. The van der Waals surface area contributed by atoms with Crippen LogP contribution in [-0.4, -0.2) is 18.2 Å². The van der Waals surface area contributed by atoms with Crippen molar-refractivity contribution in [3.63, 3.8) is 0 Å². The molecule has 0 heterocycles. The van der Waals surface area contributed by atoms with Crippen LogP contribution in [-0.2, 0) is 25.5 Å². The summed E-state index contributed by atoms with van der Waals surface area (Å²) >= 11 is 0. The second-order valence-electron chi connectivity index (χ2n) is 3.84. The third kappa shape index (κ3) is 5.15. The number of esters is 2. The first-order valence-electron chi connectivity index (χ1n) is 5.37. The van der Waals surface area contributed by atoms with Gasteiger partial charge in [0.15, 0.2) is 0 Å². The van der Waals surface area contributed by atoms with E-state index in [2.05, 4.69) is 0 Å². The van der Waals surface area contributed by atoms with Crippen molar-refractivity contribution in [3.05, 3.63) is 35.4 Å². The van der Waals surface area contributed by atoms with E-state index < -0.39 is 18.2 Å². The van der Waals surface area contributed by atoms with Crippen LogP contribution in [0.15, 0.2) is 24.3 Å². The molecule has 17 heavy (non-hydrogen) atoms. The molecule has 4 nitrogen and oxygen atoms in total. The second-order valence-corrected chi connectivity index (χ2v) is 3.84. The van der Waals surface area contributed by atoms with Crippen molar-refractivity contribution >= 4 is 11.9 Å². The minimum Gasteiger partial charge on any atom is -0.425 e. The van der Waals surface area contributed by atoms with Gasteiger partial charge in [0.2, 0.25) is 0 Å². The van der Waals surface area contributed by atoms with Gasteiger partial charge in [0.1, 0.15) is 0 Å². The van der Waals surface area contributed by atoms with Crippen molar-refractivity contribution in [1.82, 2.24) is 0 Å². The average molecular weight is 236 g/mol. The number of carbonyl (C=O) groups is 2. The summed E-state index contributed by atoms with van der Waals surface area (Å²) in [5.41, 5.74) is 2.09. The highest BCUT2D eigenvalue weighted by Gasteiger charge is 2.15. The van der Waals surface area contributed by atoms with Crippen molar-refractivity contribution in [1.29, 1.82) is 0 Å². The summed E-state index contributed by atoms with van der Waals surface area (Å²) in [6.07, 6.45) is -0.493. The average Bonchev–Trinajstić information content (AvgIpc) is 2.19. The molecule has 0 saturated carbocycles. The molecule has 0 atom stereocenters. The number of rotatable bonds is 4. The van der Waals surface area contributed by atoms with Crippen LogP contribution in [0, 0.1) is 6.92 Å².